The van der Waals surface area contributed by atoms with Gasteiger partial charge in [0.25, 0.3) is 0 Å². The average Bonchev–Trinajstić information content (AvgIpc) is 2.77. The number of aryl methyl sites for hydroxylation is 1. The Labute approximate surface area is 117 Å². The number of anilines is 1. The first-order chi connectivity index (χ1) is 9.74. The van der Waals surface area contributed by atoms with E-state index in [1.165, 1.54) is 0 Å². The maximum Gasteiger partial charge on any atom is 0.119 e. The van der Waals surface area contributed by atoms with Crippen LogP contribution >= 0.6 is 0 Å². The first kappa shape index (κ1) is 12.5. The molecule has 0 atom stereocenters. The molecule has 0 unspecified atom stereocenters. The van der Waals surface area contributed by atoms with Crippen LogP contribution in [0.15, 0.2) is 48.5 Å². The highest BCUT2D eigenvalue weighted by molar-refractivity contribution is 5.79. The highest BCUT2D eigenvalue weighted by Crippen LogP contribution is 2.18. The van der Waals surface area contributed by atoms with Crippen LogP contribution in [0.25, 0.3) is 11.0 Å². The number of fused-ring (bicyclic) bond motifs is 1. The maximum atomic E-state index is 5.81. The lowest BCUT2D eigenvalue weighted by Crippen LogP contribution is -2.06. The molecule has 0 aliphatic carbocycles. The van der Waals surface area contributed by atoms with E-state index in [2.05, 4.69) is 9.55 Å². The standard InChI is InChI=1S/C16H17N3O/c1-19-15-11-12(17)7-8-14(15)18-16(19)9-10-20-13-5-3-2-4-6-13/h2-8,11H,9-10,17H2,1H3. The van der Waals surface area contributed by atoms with E-state index < -0.39 is 0 Å². The number of benzene rings is 2. The summed E-state index contributed by atoms with van der Waals surface area (Å²) in [5.41, 5.74) is 8.59. The van der Waals surface area contributed by atoms with E-state index >= 15 is 0 Å². The van der Waals surface area contributed by atoms with Crippen molar-refractivity contribution in [2.75, 3.05) is 12.3 Å². The second-order valence-electron chi connectivity index (χ2n) is 4.75. The summed E-state index contributed by atoms with van der Waals surface area (Å²) in [5, 5.41) is 0. The summed E-state index contributed by atoms with van der Waals surface area (Å²) in [6.45, 7) is 0.608. The lowest BCUT2D eigenvalue weighted by atomic mass is 10.3. The molecule has 0 fully saturated rings. The highest BCUT2D eigenvalue weighted by atomic mass is 16.5. The molecule has 20 heavy (non-hydrogen) atoms. The molecule has 0 saturated heterocycles. The second-order valence-corrected chi connectivity index (χ2v) is 4.75. The molecule has 1 heterocycles. The van der Waals surface area contributed by atoms with Crippen molar-refractivity contribution in [2.24, 2.45) is 7.05 Å². The molecule has 0 spiro atoms. The van der Waals surface area contributed by atoms with Gasteiger partial charge in [-0.25, -0.2) is 4.98 Å². The predicted molar refractivity (Wildman–Crippen MR) is 80.8 cm³/mol. The molecule has 2 N–H and O–H groups in total. The van der Waals surface area contributed by atoms with E-state index in [0.717, 1.165) is 34.7 Å². The van der Waals surface area contributed by atoms with Gasteiger partial charge in [-0.2, -0.15) is 0 Å². The van der Waals surface area contributed by atoms with Crippen LogP contribution in [0, 0.1) is 0 Å². The van der Waals surface area contributed by atoms with E-state index in [1.807, 2.05) is 55.6 Å². The van der Waals surface area contributed by atoms with Crippen molar-refractivity contribution in [1.82, 2.24) is 9.55 Å². The minimum Gasteiger partial charge on any atom is -0.493 e. The van der Waals surface area contributed by atoms with Gasteiger partial charge >= 0.3 is 0 Å². The Morgan fingerprint density at radius 3 is 2.75 bits per heavy atom. The minimum absolute atomic E-state index is 0.608. The lowest BCUT2D eigenvalue weighted by molar-refractivity contribution is 0.318. The first-order valence-electron chi connectivity index (χ1n) is 6.63. The molecular weight excluding hydrogens is 250 g/mol. The Kier molecular flexibility index (Phi) is 3.29. The number of imidazole rings is 1. The number of hydrogen-bond acceptors (Lipinski definition) is 3. The van der Waals surface area contributed by atoms with Gasteiger partial charge in [-0.15, -0.1) is 0 Å². The summed E-state index contributed by atoms with van der Waals surface area (Å²) < 4.78 is 7.78. The van der Waals surface area contributed by atoms with Gasteiger partial charge in [-0.3, -0.25) is 0 Å². The summed E-state index contributed by atoms with van der Waals surface area (Å²) in [6.07, 6.45) is 0.764. The molecule has 0 radical (unpaired) electrons. The van der Waals surface area contributed by atoms with Crippen LogP contribution in [0.4, 0.5) is 5.69 Å². The van der Waals surface area contributed by atoms with Crippen LogP contribution in [0.1, 0.15) is 5.82 Å². The Bertz CT molecular complexity index is 719. The summed E-state index contributed by atoms with van der Waals surface area (Å²) >= 11 is 0. The van der Waals surface area contributed by atoms with Gasteiger partial charge in [-0.1, -0.05) is 18.2 Å². The van der Waals surface area contributed by atoms with Gasteiger partial charge in [0.1, 0.15) is 11.6 Å². The predicted octanol–water partition coefficient (Wildman–Crippen LogP) is 2.78. The van der Waals surface area contributed by atoms with Gasteiger partial charge in [0, 0.05) is 19.2 Å². The smallest absolute Gasteiger partial charge is 0.119 e. The van der Waals surface area contributed by atoms with E-state index in [1.54, 1.807) is 0 Å². The summed E-state index contributed by atoms with van der Waals surface area (Å²) in [7, 11) is 2.01. The van der Waals surface area contributed by atoms with Crippen LogP contribution in [0.5, 0.6) is 5.75 Å². The van der Waals surface area contributed by atoms with Crippen LogP contribution in [-0.4, -0.2) is 16.2 Å². The van der Waals surface area contributed by atoms with Crippen molar-refractivity contribution in [3.8, 4) is 5.75 Å². The zero-order chi connectivity index (χ0) is 13.9. The lowest BCUT2D eigenvalue weighted by Gasteiger charge is -2.06. The third-order valence-electron chi connectivity index (χ3n) is 3.34. The molecule has 0 bridgehead atoms. The van der Waals surface area contributed by atoms with Crippen LogP contribution in [-0.2, 0) is 13.5 Å². The number of nitrogens with zero attached hydrogens (tertiary/aromatic N) is 2. The summed E-state index contributed by atoms with van der Waals surface area (Å²) in [5.74, 6) is 1.89. The van der Waals surface area contributed by atoms with Crippen LogP contribution in [0.3, 0.4) is 0 Å². The number of nitrogens with two attached hydrogens (primary N) is 1. The number of ether oxygens (including phenoxy) is 1. The van der Waals surface area contributed by atoms with E-state index in [9.17, 15) is 0 Å². The molecule has 0 saturated carbocycles. The van der Waals surface area contributed by atoms with Crippen LogP contribution in [0.2, 0.25) is 0 Å². The Balaban J connectivity index is 1.73. The van der Waals surface area contributed by atoms with E-state index in [-0.39, 0.29) is 0 Å². The first-order valence-corrected chi connectivity index (χ1v) is 6.63. The molecule has 4 heteroatoms. The number of hydrogen-bond donors (Lipinski definition) is 1. The largest absolute Gasteiger partial charge is 0.493 e. The third-order valence-corrected chi connectivity index (χ3v) is 3.34. The number of nitrogen functional groups attached to an aromatic ring is 1. The fourth-order valence-corrected chi connectivity index (χ4v) is 2.26. The maximum absolute atomic E-state index is 5.81. The average molecular weight is 267 g/mol. The zero-order valence-electron chi connectivity index (χ0n) is 11.4. The molecule has 4 nitrogen and oxygen atoms in total. The van der Waals surface area contributed by atoms with Crippen molar-refractivity contribution in [3.63, 3.8) is 0 Å². The Morgan fingerprint density at radius 2 is 1.95 bits per heavy atom. The van der Waals surface area contributed by atoms with Crippen molar-refractivity contribution in [1.29, 1.82) is 0 Å². The normalized spacial score (nSPS) is 10.8. The minimum atomic E-state index is 0.608. The van der Waals surface area contributed by atoms with Gasteiger partial charge in [0.15, 0.2) is 0 Å². The number of aromatic nitrogens is 2. The third kappa shape index (κ3) is 2.45. The van der Waals surface area contributed by atoms with Gasteiger partial charge in [0.05, 0.1) is 17.6 Å². The molecule has 102 valence electrons. The van der Waals surface area contributed by atoms with Crippen LogP contribution < -0.4 is 10.5 Å². The fraction of sp³-hybridized carbons (Fsp3) is 0.188. The molecule has 3 rings (SSSR count). The van der Waals surface area contributed by atoms with Crippen molar-refractivity contribution >= 4 is 16.7 Å². The van der Waals surface area contributed by atoms with Gasteiger partial charge in [0.2, 0.25) is 0 Å². The van der Waals surface area contributed by atoms with Gasteiger partial charge < -0.3 is 15.0 Å². The molecule has 1 aromatic heterocycles. The highest BCUT2D eigenvalue weighted by Gasteiger charge is 2.07. The summed E-state index contributed by atoms with van der Waals surface area (Å²) in [4.78, 5) is 4.61. The Hall–Kier alpha value is -2.49. The number of para-hydroxylation sites is 1. The topological polar surface area (TPSA) is 53.1 Å². The van der Waals surface area contributed by atoms with Crippen molar-refractivity contribution in [2.45, 2.75) is 6.42 Å². The van der Waals surface area contributed by atoms with Crippen molar-refractivity contribution in [3.05, 3.63) is 54.4 Å². The number of rotatable bonds is 4. The van der Waals surface area contributed by atoms with E-state index in [0.29, 0.717) is 6.61 Å². The quantitative estimate of drug-likeness (QED) is 0.739. The zero-order valence-corrected chi connectivity index (χ0v) is 11.4. The monoisotopic (exact) mass is 267 g/mol. The van der Waals surface area contributed by atoms with Gasteiger partial charge in [-0.05, 0) is 30.3 Å². The molecule has 2 aromatic carbocycles. The van der Waals surface area contributed by atoms with Crippen molar-refractivity contribution < 1.29 is 4.74 Å². The summed E-state index contributed by atoms with van der Waals surface area (Å²) in [6, 6.07) is 15.6. The molecule has 3 aromatic rings. The Morgan fingerprint density at radius 1 is 1.15 bits per heavy atom. The second kappa shape index (κ2) is 5.25. The molecule has 0 amide bonds. The SMILES string of the molecule is Cn1c(CCOc2ccccc2)nc2ccc(N)cc21. The molecular formula is C16H17N3O. The fourth-order valence-electron chi connectivity index (χ4n) is 2.26. The molecule has 0 aliphatic rings. The van der Waals surface area contributed by atoms with E-state index in [4.69, 9.17) is 10.5 Å². The molecule has 0 aliphatic heterocycles.